The van der Waals surface area contributed by atoms with Crippen molar-refractivity contribution in [3.8, 4) is 0 Å². The molecule has 2 aromatic carbocycles. The van der Waals surface area contributed by atoms with E-state index in [1.807, 2.05) is 68.4 Å². The predicted molar refractivity (Wildman–Crippen MR) is 118 cm³/mol. The molecule has 0 aliphatic heterocycles. The summed E-state index contributed by atoms with van der Waals surface area (Å²) >= 11 is 0. The number of rotatable bonds is 5. The van der Waals surface area contributed by atoms with Crippen molar-refractivity contribution < 1.29 is 4.79 Å². The number of para-hydroxylation sites is 1. The number of nitrogens with one attached hydrogen (secondary N) is 1. The number of pyridine rings is 2. The van der Waals surface area contributed by atoms with Gasteiger partial charge in [0, 0.05) is 35.6 Å². The smallest absolute Gasteiger partial charge is 0.258 e. The first kappa shape index (κ1) is 18.6. The Labute approximate surface area is 170 Å². The predicted octanol–water partition coefficient (Wildman–Crippen LogP) is 5.35. The van der Waals surface area contributed by atoms with Crippen LogP contribution in [-0.4, -0.2) is 22.4 Å². The molecule has 0 saturated heterocycles. The van der Waals surface area contributed by atoms with Gasteiger partial charge in [-0.25, -0.2) is 4.98 Å². The molecule has 1 N–H and O–H groups in total. The van der Waals surface area contributed by atoms with E-state index >= 15 is 0 Å². The first-order chi connectivity index (χ1) is 14.2. The van der Waals surface area contributed by atoms with Crippen LogP contribution in [0.3, 0.4) is 0 Å². The SMILES string of the molecule is CCN(C(=O)c1ccnc(Nc2cccc3cccnc23)c1)c1cccc(C)c1. The van der Waals surface area contributed by atoms with E-state index in [0.717, 1.165) is 27.8 Å². The number of anilines is 3. The van der Waals surface area contributed by atoms with Crippen LogP contribution in [0, 0.1) is 6.92 Å². The Kier molecular flexibility index (Phi) is 5.20. The Morgan fingerprint density at radius 1 is 0.966 bits per heavy atom. The number of hydrogen-bond acceptors (Lipinski definition) is 4. The standard InChI is InChI=1S/C24H22N4O/c1-3-28(20-10-4-7-17(2)15-20)24(29)19-12-14-25-22(16-19)27-21-11-5-8-18-9-6-13-26-23(18)21/h4-16H,3H2,1-2H3,(H,25,27). The molecule has 0 bridgehead atoms. The third-order valence-electron chi connectivity index (χ3n) is 4.78. The molecule has 0 atom stereocenters. The van der Waals surface area contributed by atoms with Gasteiger partial charge in [0.15, 0.2) is 0 Å². The maximum atomic E-state index is 13.2. The van der Waals surface area contributed by atoms with E-state index in [2.05, 4.69) is 15.3 Å². The van der Waals surface area contributed by atoms with Crippen LogP contribution in [0.15, 0.2) is 79.1 Å². The summed E-state index contributed by atoms with van der Waals surface area (Å²) in [6.07, 6.45) is 3.42. The van der Waals surface area contributed by atoms with Gasteiger partial charge in [-0.3, -0.25) is 9.78 Å². The van der Waals surface area contributed by atoms with Crippen LogP contribution in [-0.2, 0) is 0 Å². The second-order valence-corrected chi connectivity index (χ2v) is 6.82. The number of aromatic nitrogens is 2. The summed E-state index contributed by atoms with van der Waals surface area (Å²) in [5.74, 6) is 0.550. The van der Waals surface area contributed by atoms with Gasteiger partial charge in [-0.2, -0.15) is 0 Å². The van der Waals surface area contributed by atoms with Crippen molar-refractivity contribution in [2.45, 2.75) is 13.8 Å². The summed E-state index contributed by atoms with van der Waals surface area (Å²) in [7, 11) is 0. The van der Waals surface area contributed by atoms with Crippen molar-refractivity contribution in [1.29, 1.82) is 0 Å². The molecule has 0 aliphatic rings. The zero-order valence-corrected chi connectivity index (χ0v) is 16.5. The second kappa shape index (κ2) is 8.10. The van der Waals surface area contributed by atoms with Crippen LogP contribution in [0.1, 0.15) is 22.8 Å². The Morgan fingerprint density at radius 3 is 2.62 bits per heavy atom. The van der Waals surface area contributed by atoms with E-state index in [-0.39, 0.29) is 5.91 Å². The minimum Gasteiger partial charge on any atom is -0.338 e. The largest absolute Gasteiger partial charge is 0.338 e. The first-order valence-electron chi connectivity index (χ1n) is 9.61. The average Bonchev–Trinajstić information content (AvgIpc) is 2.75. The molecule has 0 saturated carbocycles. The molecule has 1 amide bonds. The van der Waals surface area contributed by atoms with Crippen molar-refractivity contribution in [2.75, 3.05) is 16.8 Å². The highest BCUT2D eigenvalue weighted by molar-refractivity contribution is 6.06. The van der Waals surface area contributed by atoms with Crippen molar-refractivity contribution in [3.05, 3.63) is 90.3 Å². The molecule has 0 fully saturated rings. The number of benzene rings is 2. The van der Waals surface area contributed by atoms with E-state index in [0.29, 0.717) is 17.9 Å². The highest BCUT2D eigenvalue weighted by atomic mass is 16.2. The van der Waals surface area contributed by atoms with Crippen LogP contribution < -0.4 is 10.2 Å². The fourth-order valence-electron chi connectivity index (χ4n) is 3.37. The molecule has 4 rings (SSSR count). The maximum absolute atomic E-state index is 13.2. The Bertz CT molecular complexity index is 1170. The van der Waals surface area contributed by atoms with Crippen molar-refractivity contribution in [1.82, 2.24) is 9.97 Å². The topological polar surface area (TPSA) is 58.1 Å². The summed E-state index contributed by atoms with van der Waals surface area (Å²) in [5, 5.41) is 4.35. The van der Waals surface area contributed by atoms with E-state index in [9.17, 15) is 4.79 Å². The highest BCUT2D eigenvalue weighted by Crippen LogP contribution is 2.25. The molecule has 5 heteroatoms. The molecule has 29 heavy (non-hydrogen) atoms. The zero-order chi connectivity index (χ0) is 20.2. The molecule has 0 radical (unpaired) electrons. The lowest BCUT2D eigenvalue weighted by molar-refractivity contribution is 0.0988. The molecule has 0 aliphatic carbocycles. The van der Waals surface area contributed by atoms with E-state index < -0.39 is 0 Å². The van der Waals surface area contributed by atoms with E-state index in [1.165, 1.54) is 0 Å². The van der Waals surface area contributed by atoms with Crippen LogP contribution in [0.4, 0.5) is 17.2 Å². The molecule has 0 spiro atoms. The lowest BCUT2D eigenvalue weighted by Gasteiger charge is -2.22. The van der Waals surface area contributed by atoms with Crippen LogP contribution >= 0.6 is 0 Å². The van der Waals surface area contributed by atoms with Gasteiger partial charge < -0.3 is 10.2 Å². The van der Waals surface area contributed by atoms with Crippen molar-refractivity contribution in [3.63, 3.8) is 0 Å². The summed E-state index contributed by atoms with van der Waals surface area (Å²) in [6, 6.07) is 21.4. The Balaban J connectivity index is 1.63. The summed E-state index contributed by atoms with van der Waals surface area (Å²) < 4.78 is 0. The molecule has 144 valence electrons. The number of amides is 1. The number of carbonyl (C=O) groups is 1. The van der Waals surface area contributed by atoms with Crippen LogP contribution in [0.2, 0.25) is 0 Å². The van der Waals surface area contributed by atoms with Crippen molar-refractivity contribution >= 4 is 34.0 Å². The first-order valence-corrected chi connectivity index (χ1v) is 9.61. The van der Waals surface area contributed by atoms with Gasteiger partial charge in [0.2, 0.25) is 0 Å². The van der Waals surface area contributed by atoms with E-state index in [4.69, 9.17) is 0 Å². The normalized spacial score (nSPS) is 10.7. The highest BCUT2D eigenvalue weighted by Gasteiger charge is 2.17. The molecular formula is C24H22N4O. The van der Waals surface area contributed by atoms with Crippen LogP contribution in [0.25, 0.3) is 10.9 Å². The molecule has 2 heterocycles. The fraction of sp³-hybridized carbons (Fsp3) is 0.125. The van der Waals surface area contributed by atoms with Gasteiger partial charge in [0.05, 0.1) is 11.2 Å². The Hall–Kier alpha value is -3.73. The summed E-state index contributed by atoms with van der Waals surface area (Å²) in [5.41, 5.74) is 4.31. The van der Waals surface area contributed by atoms with E-state index in [1.54, 1.807) is 29.4 Å². The number of nitrogens with zero attached hydrogens (tertiary/aromatic N) is 3. The third-order valence-corrected chi connectivity index (χ3v) is 4.78. The monoisotopic (exact) mass is 382 g/mol. The summed E-state index contributed by atoms with van der Waals surface area (Å²) in [6.45, 7) is 4.58. The zero-order valence-electron chi connectivity index (χ0n) is 16.5. The van der Waals surface area contributed by atoms with Gasteiger partial charge >= 0.3 is 0 Å². The lowest BCUT2D eigenvalue weighted by Crippen LogP contribution is -2.30. The molecule has 4 aromatic rings. The number of aryl methyl sites for hydroxylation is 1. The second-order valence-electron chi connectivity index (χ2n) is 6.82. The van der Waals surface area contributed by atoms with Gasteiger partial charge in [-0.1, -0.05) is 30.3 Å². The molecule has 0 unspecified atom stereocenters. The third kappa shape index (κ3) is 3.94. The maximum Gasteiger partial charge on any atom is 0.258 e. The average molecular weight is 382 g/mol. The number of carbonyl (C=O) groups excluding carboxylic acids is 1. The number of fused-ring (bicyclic) bond motifs is 1. The molecule has 5 nitrogen and oxygen atoms in total. The molecular weight excluding hydrogens is 360 g/mol. The van der Waals surface area contributed by atoms with Gasteiger partial charge in [-0.05, 0) is 55.8 Å². The van der Waals surface area contributed by atoms with Gasteiger partial charge in [-0.15, -0.1) is 0 Å². The van der Waals surface area contributed by atoms with Gasteiger partial charge in [0.25, 0.3) is 5.91 Å². The summed E-state index contributed by atoms with van der Waals surface area (Å²) in [4.78, 5) is 23.8. The minimum absolute atomic E-state index is 0.0559. The molecule has 2 aromatic heterocycles. The van der Waals surface area contributed by atoms with Crippen molar-refractivity contribution in [2.24, 2.45) is 0 Å². The van der Waals surface area contributed by atoms with Crippen LogP contribution in [0.5, 0.6) is 0 Å². The lowest BCUT2D eigenvalue weighted by atomic mass is 10.1. The Morgan fingerprint density at radius 2 is 1.79 bits per heavy atom. The number of hydrogen-bond donors (Lipinski definition) is 1. The minimum atomic E-state index is -0.0559. The quantitative estimate of drug-likeness (QED) is 0.506. The fourth-order valence-corrected chi connectivity index (χ4v) is 3.37. The van der Waals surface area contributed by atoms with Gasteiger partial charge in [0.1, 0.15) is 5.82 Å².